The van der Waals surface area contributed by atoms with E-state index in [1.807, 2.05) is 24.7 Å². The molecule has 4 nitrogen and oxygen atoms in total. The van der Waals surface area contributed by atoms with Crippen LogP contribution in [0.5, 0.6) is 0 Å². The summed E-state index contributed by atoms with van der Waals surface area (Å²) in [7, 11) is 0. The highest BCUT2D eigenvalue weighted by atomic mass is 15.0. The number of hydrogen-bond acceptors (Lipinski definition) is 3. The number of imidazole rings is 1. The molecule has 0 aliphatic heterocycles. The fraction of sp³-hybridized carbons (Fsp3) is 0.111. The van der Waals surface area contributed by atoms with Gasteiger partial charge in [0.1, 0.15) is 6.33 Å². The molecule has 3 aromatic carbocycles. The maximum absolute atomic E-state index is 4.68. The van der Waals surface area contributed by atoms with E-state index in [2.05, 4.69) is 99.6 Å². The molecule has 2 heterocycles. The van der Waals surface area contributed by atoms with Crippen molar-refractivity contribution in [3.8, 4) is 16.8 Å². The van der Waals surface area contributed by atoms with Gasteiger partial charge in [-0.1, -0.05) is 54.6 Å². The lowest BCUT2D eigenvalue weighted by Gasteiger charge is -2.15. The van der Waals surface area contributed by atoms with Crippen LogP contribution in [-0.4, -0.2) is 14.5 Å². The van der Waals surface area contributed by atoms with E-state index in [1.165, 1.54) is 11.1 Å². The fourth-order valence-corrected chi connectivity index (χ4v) is 3.86. The van der Waals surface area contributed by atoms with Crippen molar-refractivity contribution in [3.63, 3.8) is 0 Å². The Morgan fingerprint density at radius 2 is 1.74 bits per heavy atom. The monoisotopic (exact) mass is 404 g/mol. The molecule has 0 aliphatic carbocycles. The van der Waals surface area contributed by atoms with Gasteiger partial charge in [-0.3, -0.25) is 9.55 Å². The molecule has 5 rings (SSSR count). The summed E-state index contributed by atoms with van der Waals surface area (Å²) >= 11 is 0. The third-order valence-electron chi connectivity index (χ3n) is 5.65. The second-order valence-electron chi connectivity index (χ2n) is 7.74. The molecule has 2 aromatic heterocycles. The summed E-state index contributed by atoms with van der Waals surface area (Å²) in [6.45, 7) is 3.04. The van der Waals surface area contributed by atoms with Gasteiger partial charge in [0.25, 0.3) is 0 Å². The predicted molar refractivity (Wildman–Crippen MR) is 126 cm³/mol. The molecular formula is C27H24N4. The summed E-state index contributed by atoms with van der Waals surface area (Å²) in [6, 6.07) is 29.8. The Morgan fingerprint density at radius 1 is 0.871 bits per heavy atom. The van der Waals surface area contributed by atoms with Gasteiger partial charge in [0.05, 0.1) is 11.0 Å². The minimum absolute atomic E-state index is 0.240. The average molecular weight is 405 g/mol. The fourth-order valence-electron chi connectivity index (χ4n) is 3.86. The maximum Gasteiger partial charge on any atom is 0.100 e. The summed E-state index contributed by atoms with van der Waals surface area (Å²) in [5, 5.41) is 3.60. The van der Waals surface area contributed by atoms with Crippen LogP contribution < -0.4 is 5.32 Å². The molecule has 1 atom stereocenters. The Balaban J connectivity index is 1.40. The van der Waals surface area contributed by atoms with Gasteiger partial charge < -0.3 is 5.32 Å². The largest absolute Gasteiger partial charge is 0.306 e. The van der Waals surface area contributed by atoms with E-state index in [-0.39, 0.29) is 6.04 Å². The van der Waals surface area contributed by atoms with Crippen molar-refractivity contribution in [3.05, 3.63) is 115 Å². The molecule has 0 fully saturated rings. The van der Waals surface area contributed by atoms with Gasteiger partial charge in [0.2, 0.25) is 0 Å². The van der Waals surface area contributed by atoms with Crippen molar-refractivity contribution in [2.75, 3.05) is 0 Å². The molecule has 1 N–H and O–H groups in total. The van der Waals surface area contributed by atoms with Gasteiger partial charge in [-0.2, -0.15) is 0 Å². The van der Waals surface area contributed by atoms with Gasteiger partial charge in [-0.05, 0) is 53.9 Å². The third-order valence-corrected chi connectivity index (χ3v) is 5.65. The normalized spacial score (nSPS) is 12.2. The number of rotatable bonds is 6. The molecule has 0 aliphatic rings. The Kier molecular flexibility index (Phi) is 5.29. The first kappa shape index (κ1) is 19.2. The van der Waals surface area contributed by atoms with Crippen LogP contribution in [0.25, 0.3) is 27.8 Å². The zero-order chi connectivity index (χ0) is 21.0. The van der Waals surface area contributed by atoms with Crippen molar-refractivity contribution >= 4 is 11.0 Å². The number of fused-ring (bicyclic) bond motifs is 1. The summed E-state index contributed by atoms with van der Waals surface area (Å²) in [5.41, 5.74) is 7.95. The van der Waals surface area contributed by atoms with E-state index in [0.717, 1.165) is 34.4 Å². The van der Waals surface area contributed by atoms with Crippen LogP contribution >= 0.6 is 0 Å². The molecule has 0 radical (unpaired) electrons. The summed E-state index contributed by atoms with van der Waals surface area (Å²) in [6.07, 6.45) is 5.59. The van der Waals surface area contributed by atoms with E-state index >= 15 is 0 Å². The molecule has 5 aromatic rings. The van der Waals surface area contributed by atoms with Crippen LogP contribution in [0, 0.1) is 0 Å². The first-order valence-corrected chi connectivity index (χ1v) is 10.5. The van der Waals surface area contributed by atoms with Crippen LogP contribution in [0.1, 0.15) is 24.1 Å². The Morgan fingerprint density at radius 3 is 2.58 bits per heavy atom. The summed E-state index contributed by atoms with van der Waals surface area (Å²) < 4.78 is 2.14. The molecule has 152 valence electrons. The number of aromatic nitrogens is 3. The van der Waals surface area contributed by atoms with E-state index < -0.39 is 0 Å². The van der Waals surface area contributed by atoms with Gasteiger partial charge in [0.15, 0.2) is 0 Å². The van der Waals surface area contributed by atoms with E-state index in [0.29, 0.717) is 0 Å². The topological polar surface area (TPSA) is 42.7 Å². The molecule has 0 spiro atoms. The molecule has 31 heavy (non-hydrogen) atoms. The van der Waals surface area contributed by atoms with Crippen molar-refractivity contribution in [1.82, 2.24) is 19.9 Å². The first-order valence-electron chi connectivity index (χ1n) is 10.5. The lowest BCUT2D eigenvalue weighted by molar-refractivity contribution is 0.575. The van der Waals surface area contributed by atoms with Gasteiger partial charge >= 0.3 is 0 Å². The second-order valence-corrected chi connectivity index (χ2v) is 7.74. The number of nitrogens with one attached hydrogen (secondary N) is 1. The second kappa shape index (κ2) is 8.54. The lowest BCUT2D eigenvalue weighted by atomic mass is 10.1. The third kappa shape index (κ3) is 4.11. The number of benzene rings is 3. The van der Waals surface area contributed by atoms with E-state index in [4.69, 9.17) is 0 Å². The van der Waals surface area contributed by atoms with Gasteiger partial charge in [0, 0.05) is 36.2 Å². The Labute approximate surface area is 182 Å². The van der Waals surface area contributed by atoms with Gasteiger partial charge in [-0.25, -0.2) is 4.98 Å². The van der Waals surface area contributed by atoms with Crippen LogP contribution in [0.2, 0.25) is 0 Å². The van der Waals surface area contributed by atoms with Crippen molar-refractivity contribution in [2.45, 2.75) is 19.5 Å². The number of hydrogen-bond donors (Lipinski definition) is 1. The zero-order valence-electron chi connectivity index (χ0n) is 17.4. The minimum Gasteiger partial charge on any atom is -0.306 e. The average Bonchev–Trinajstić information content (AvgIpc) is 3.27. The summed E-state index contributed by atoms with van der Waals surface area (Å²) in [4.78, 5) is 8.92. The van der Waals surface area contributed by atoms with Gasteiger partial charge in [-0.15, -0.1) is 0 Å². The van der Waals surface area contributed by atoms with Crippen molar-refractivity contribution < 1.29 is 0 Å². The quantitative estimate of drug-likeness (QED) is 0.381. The van der Waals surface area contributed by atoms with Crippen molar-refractivity contribution in [1.29, 1.82) is 0 Å². The number of nitrogens with zero attached hydrogens (tertiary/aromatic N) is 3. The lowest BCUT2D eigenvalue weighted by Crippen LogP contribution is -2.17. The van der Waals surface area contributed by atoms with Crippen LogP contribution in [0.4, 0.5) is 0 Å². The molecule has 0 saturated heterocycles. The predicted octanol–water partition coefficient (Wildman–Crippen LogP) is 5.94. The molecule has 4 heteroatoms. The minimum atomic E-state index is 0.240. The molecule has 0 saturated carbocycles. The summed E-state index contributed by atoms with van der Waals surface area (Å²) in [5.74, 6) is 0. The molecular weight excluding hydrogens is 380 g/mol. The smallest absolute Gasteiger partial charge is 0.100 e. The SMILES string of the molecule is C[C@H](NCc1ccccc1)c1ccc2c(c1)ncn2-c1cccc(-c2cccnc2)c1. The Bertz CT molecular complexity index is 1290. The molecule has 0 unspecified atom stereocenters. The standard InChI is InChI=1S/C27H24N4/c1-20(29-17-21-7-3-2-4-8-21)22-12-13-27-26(16-22)30-19-31(27)25-11-5-9-23(15-25)24-10-6-14-28-18-24/h2-16,18-20,29H,17H2,1H3/t20-/m0/s1. The van der Waals surface area contributed by atoms with E-state index in [1.54, 1.807) is 6.20 Å². The first-order chi connectivity index (χ1) is 15.3. The van der Waals surface area contributed by atoms with Crippen molar-refractivity contribution in [2.24, 2.45) is 0 Å². The maximum atomic E-state index is 4.68. The van der Waals surface area contributed by atoms with Crippen LogP contribution in [0.3, 0.4) is 0 Å². The highest BCUT2D eigenvalue weighted by Crippen LogP contribution is 2.25. The van der Waals surface area contributed by atoms with Crippen LogP contribution in [0.15, 0.2) is 104 Å². The van der Waals surface area contributed by atoms with E-state index in [9.17, 15) is 0 Å². The van der Waals surface area contributed by atoms with Crippen LogP contribution in [-0.2, 0) is 6.54 Å². The molecule has 0 bridgehead atoms. The highest BCUT2D eigenvalue weighted by molar-refractivity contribution is 5.79. The molecule has 0 amide bonds. The Hall–Kier alpha value is -3.76. The zero-order valence-corrected chi connectivity index (χ0v) is 17.4. The number of pyridine rings is 1. The highest BCUT2D eigenvalue weighted by Gasteiger charge is 2.10.